The Morgan fingerprint density at radius 1 is 1.17 bits per heavy atom. The van der Waals surface area contributed by atoms with Crippen molar-refractivity contribution < 1.29 is 5.11 Å². The monoisotopic (exact) mass is 238 g/mol. The zero-order valence-electron chi connectivity index (χ0n) is 10.1. The molecule has 3 rings (SSSR count). The van der Waals surface area contributed by atoms with E-state index in [-0.39, 0.29) is 0 Å². The van der Waals surface area contributed by atoms with Crippen molar-refractivity contribution in [3.8, 4) is 0 Å². The number of benzene rings is 1. The number of fused-ring (bicyclic) bond motifs is 1. The highest BCUT2D eigenvalue weighted by Gasteiger charge is 2.14. The zero-order valence-corrected chi connectivity index (χ0v) is 10.1. The number of nitrogens with zero attached hydrogens (tertiary/aromatic N) is 2. The first-order valence-corrected chi connectivity index (χ1v) is 5.92. The summed E-state index contributed by atoms with van der Waals surface area (Å²) >= 11 is 0. The molecule has 2 heterocycles. The number of aromatic nitrogens is 2. The smallest absolute Gasteiger partial charge is 0.137 e. The molecule has 0 aliphatic carbocycles. The highest BCUT2D eigenvalue weighted by molar-refractivity contribution is 5.41. The second kappa shape index (κ2) is 4.27. The fourth-order valence-electron chi connectivity index (χ4n) is 2.10. The van der Waals surface area contributed by atoms with E-state index in [2.05, 4.69) is 4.98 Å². The van der Waals surface area contributed by atoms with Gasteiger partial charge in [-0.1, -0.05) is 35.9 Å². The van der Waals surface area contributed by atoms with Crippen molar-refractivity contribution in [1.29, 1.82) is 0 Å². The Morgan fingerprint density at radius 2 is 2.06 bits per heavy atom. The number of aliphatic hydroxyl groups excluding tert-OH is 1. The summed E-state index contributed by atoms with van der Waals surface area (Å²) in [4.78, 5) is 4.43. The number of aliphatic hydroxyl groups is 1. The van der Waals surface area contributed by atoms with Crippen molar-refractivity contribution in [1.82, 2.24) is 9.38 Å². The van der Waals surface area contributed by atoms with Gasteiger partial charge in [-0.05, 0) is 24.6 Å². The number of rotatable bonds is 2. The molecular formula is C15H14N2O. The summed E-state index contributed by atoms with van der Waals surface area (Å²) in [6.07, 6.45) is 3.11. The van der Waals surface area contributed by atoms with E-state index < -0.39 is 6.10 Å². The maximum absolute atomic E-state index is 10.3. The van der Waals surface area contributed by atoms with Gasteiger partial charge in [-0.2, -0.15) is 0 Å². The molecule has 3 heteroatoms. The number of imidazole rings is 1. The van der Waals surface area contributed by atoms with Crippen molar-refractivity contribution >= 4 is 5.65 Å². The molecular weight excluding hydrogens is 224 g/mol. The van der Waals surface area contributed by atoms with Crippen LogP contribution in [0.3, 0.4) is 0 Å². The fourth-order valence-corrected chi connectivity index (χ4v) is 2.10. The molecule has 90 valence electrons. The summed E-state index contributed by atoms with van der Waals surface area (Å²) in [6.45, 7) is 2.01. The van der Waals surface area contributed by atoms with Gasteiger partial charge >= 0.3 is 0 Å². The molecule has 3 aromatic rings. The normalized spacial score (nSPS) is 12.8. The van der Waals surface area contributed by atoms with Gasteiger partial charge in [-0.3, -0.25) is 0 Å². The van der Waals surface area contributed by atoms with E-state index in [0.717, 1.165) is 16.8 Å². The third kappa shape index (κ3) is 1.89. The average molecular weight is 238 g/mol. The van der Waals surface area contributed by atoms with Crippen LogP contribution in [-0.2, 0) is 0 Å². The third-order valence-electron chi connectivity index (χ3n) is 3.02. The van der Waals surface area contributed by atoms with Crippen LogP contribution in [0.25, 0.3) is 5.65 Å². The molecule has 0 aliphatic rings. The van der Waals surface area contributed by atoms with Gasteiger partial charge in [0.15, 0.2) is 0 Å². The predicted molar refractivity (Wildman–Crippen MR) is 70.4 cm³/mol. The van der Waals surface area contributed by atoms with E-state index in [0.29, 0.717) is 5.69 Å². The molecule has 1 unspecified atom stereocenters. The predicted octanol–water partition coefficient (Wildman–Crippen LogP) is 2.72. The first kappa shape index (κ1) is 11.0. The Balaban J connectivity index is 2.03. The molecule has 0 spiro atoms. The molecule has 3 nitrogen and oxygen atoms in total. The lowest BCUT2D eigenvalue weighted by atomic mass is 10.1. The summed E-state index contributed by atoms with van der Waals surface area (Å²) in [5.74, 6) is 0. The van der Waals surface area contributed by atoms with E-state index in [4.69, 9.17) is 0 Å². The van der Waals surface area contributed by atoms with Crippen molar-refractivity contribution in [3.63, 3.8) is 0 Å². The lowest BCUT2D eigenvalue weighted by molar-refractivity contribution is 0.216. The first-order valence-electron chi connectivity index (χ1n) is 5.92. The highest BCUT2D eigenvalue weighted by atomic mass is 16.3. The van der Waals surface area contributed by atoms with Crippen LogP contribution in [0.2, 0.25) is 0 Å². The van der Waals surface area contributed by atoms with Gasteiger partial charge in [0, 0.05) is 12.4 Å². The molecule has 0 amide bonds. The quantitative estimate of drug-likeness (QED) is 0.745. The molecule has 0 fully saturated rings. The van der Waals surface area contributed by atoms with Gasteiger partial charge in [0.2, 0.25) is 0 Å². The maximum Gasteiger partial charge on any atom is 0.137 e. The Labute approximate surface area is 105 Å². The van der Waals surface area contributed by atoms with Gasteiger partial charge < -0.3 is 9.51 Å². The summed E-state index contributed by atoms with van der Waals surface area (Å²) in [6, 6.07) is 13.7. The molecule has 2 aromatic heterocycles. The van der Waals surface area contributed by atoms with Crippen LogP contribution in [-0.4, -0.2) is 14.5 Å². The van der Waals surface area contributed by atoms with Crippen LogP contribution < -0.4 is 0 Å². The summed E-state index contributed by atoms with van der Waals surface area (Å²) in [7, 11) is 0. The molecule has 1 aromatic carbocycles. The van der Waals surface area contributed by atoms with E-state index in [1.807, 2.05) is 66.2 Å². The third-order valence-corrected chi connectivity index (χ3v) is 3.02. The highest BCUT2D eigenvalue weighted by Crippen LogP contribution is 2.22. The van der Waals surface area contributed by atoms with Gasteiger partial charge in [0.1, 0.15) is 11.8 Å². The molecule has 1 atom stereocenters. The minimum Gasteiger partial charge on any atom is -0.382 e. The molecule has 18 heavy (non-hydrogen) atoms. The van der Waals surface area contributed by atoms with E-state index in [1.165, 1.54) is 0 Å². The van der Waals surface area contributed by atoms with Crippen LogP contribution in [0.5, 0.6) is 0 Å². The van der Waals surface area contributed by atoms with Crippen molar-refractivity contribution in [2.75, 3.05) is 0 Å². The second-order valence-electron chi connectivity index (χ2n) is 4.45. The lowest BCUT2D eigenvalue weighted by Gasteiger charge is -2.08. The van der Waals surface area contributed by atoms with E-state index in [9.17, 15) is 5.11 Å². The summed E-state index contributed by atoms with van der Waals surface area (Å²) < 4.78 is 1.91. The topological polar surface area (TPSA) is 37.5 Å². The van der Waals surface area contributed by atoms with Crippen LogP contribution >= 0.6 is 0 Å². The Hall–Kier alpha value is -2.13. The van der Waals surface area contributed by atoms with Crippen molar-refractivity contribution in [2.24, 2.45) is 0 Å². The van der Waals surface area contributed by atoms with Gasteiger partial charge in [0.05, 0.1) is 5.69 Å². The van der Waals surface area contributed by atoms with Gasteiger partial charge in [0.25, 0.3) is 0 Å². The Morgan fingerprint density at radius 3 is 2.83 bits per heavy atom. The summed E-state index contributed by atoms with van der Waals surface area (Å²) in [5.41, 5.74) is 3.53. The average Bonchev–Trinajstić information content (AvgIpc) is 2.81. The Kier molecular flexibility index (Phi) is 2.61. The second-order valence-corrected chi connectivity index (χ2v) is 4.45. The maximum atomic E-state index is 10.3. The molecule has 0 bridgehead atoms. The lowest BCUT2D eigenvalue weighted by Crippen LogP contribution is -2.00. The summed E-state index contributed by atoms with van der Waals surface area (Å²) in [5, 5.41) is 10.3. The van der Waals surface area contributed by atoms with Crippen LogP contribution in [0, 0.1) is 6.92 Å². The van der Waals surface area contributed by atoms with E-state index >= 15 is 0 Å². The van der Waals surface area contributed by atoms with Crippen molar-refractivity contribution in [2.45, 2.75) is 13.0 Å². The van der Waals surface area contributed by atoms with Crippen LogP contribution in [0.15, 0.2) is 54.9 Å². The minimum absolute atomic E-state index is 0.673. The molecule has 1 N–H and O–H groups in total. The number of aryl methyl sites for hydroxylation is 1. The number of pyridine rings is 1. The zero-order chi connectivity index (χ0) is 12.5. The minimum atomic E-state index is -0.676. The first-order chi connectivity index (χ1) is 8.74. The van der Waals surface area contributed by atoms with Crippen molar-refractivity contribution in [3.05, 3.63) is 71.7 Å². The molecule has 0 saturated heterocycles. The van der Waals surface area contributed by atoms with Crippen LogP contribution in [0.1, 0.15) is 22.9 Å². The van der Waals surface area contributed by atoms with Gasteiger partial charge in [-0.25, -0.2) is 4.98 Å². The molecule has 0 radical (unpaired) electrons. The standard InChI is InChI=1S/C15H14N2O/c1-11-5-4-6-12(9-11)15(18)13-10-17-8-3-2-7-14(17)16-13/h2-10,15,18H,1H3. The molecule has 0 aliphatic heterocycles. The SMILES string of the molecule is Cc1cccc(C(O)c2cn3ccccc3n2)c1. The largest absolute Gasteiger partial charge is 0.382 e. The molecule has 0 saturated carbocycles. The number of hydrogen-bond donors (Lipinski definition) is 1. The van der Waals surface area contributed by atoms with Crippen LogP contribution in [0.4, 0.5) is 0 Å². The Bertz CT molecular complexity index is 655. The van der Waals surface area contributed by atoms with E-state index in [1.54, 1.807) is 0 Å². The number of hydrogen-bond acceptors (Lipinski definition) is 2. The van der Waals surface area contributed by atoms with Gasteiger partial charge in [-0.15, -0.1) is 0 Å². The fraction of sp³-hybridized carbons (Fsp3) is 0.133.